The van der Waals surface area contributed by atoms with Crippen molar-refractivity contribution in [3.63, 3.8) is 0 Å². The number of nitrogens with one attached hydrogen (secondary N) is 2. The van der Waals surface area contributed by atoms with Gasteiger partial charge in [-0.3, -0.25) is 9.59 Å². The molecule has 0 saturated carbocycles. The Balaban J connectivity index is 2.62. The number of anilines is 1. The lowest BCUT2D eigenvalue weighted by atomic mass is 10.2. The fraction of sp³-hybridized carbons (Fsp3) is 0.286. The van der Waals surface area contributed by atoms with Crippen molar-refractivity contribution in [3.8, 4) is 18.1 Å². The van der Waals surface area contributed by atoms with Crippen LogP contribution in [0.3, 0.4) is 0 Å². The molecule has 0 heterocycles. The van der Waals surface area contributed by atoms with Gasteiger partial charge < -0.3 is 21.1 Å². The lowest BCUT2D eigenvalue weighted by molar-refractivity contribution is -0.122. The lowest BCUT2D eigenvalue weighted by Gasteiger charge is -2.11. The smallest absolute Gasteiger partial charge is 0.257 e. The predicted octanol–water partition coefficient (Wildman–Crippen LogP) is 0.100. The summed E-state index contributed by atoms with van der Waals surface area (Å²) in [5.41, 5.74) is 6.12. The largest absolute Gasteiger partial charge is 0.484 e. The van der Waals surface area contributed by atoms with E-state index in [9.17, 15) is 9.59 Å². The summed E-state index contributed by atoms with van der Waals surface area (Å²) in [6.07, 6.45) is 5.26. The summed E-state index contributed by atoms with van der Waals surface area (Å²) in [5, 5.41) is 5.07. The fourth-order valence-corrected chi connectivity index (χ4v) is 1.34. The van der Waals surface area contributed by atoms with E-state index in [1.165, 1.54) is 7.05 Å². The topological polar surface area (TPSA) is 93.5 Å². The number of rotatable bonds is 6. The van der Waals surface area contributed by atoms with Crippen LogP contribution in [-0.4, -0.2) is 31.5 Å². The van der Waals surface area contributed by atoms with E-state index in [0.717, 1.165) is 0 Å². The van der Waals surface area contributed by atoms with Crippen molar-refractivity contribution in [1.29, 1.82) is 0 Å². The van der Waals surface area contributed by atoms with Crippen LogP contribution in [0.15, 0.2) is 24.3 Å². The second-order valence-corrected chi connectivity index (χ2v) is 3.99. The first-order chi connectivity index (χ1) is 9.56. The Kier molecular flexibility index (Phi) is 6.07. The highest BCUT2D eigenvalue weighted by Gasteiger charge is 2.12. The quantitative estimate of drug-likeness (QED) is 0.642. The van der Waals surface area contributed by atoms with Crippen LogP contribution in [0.1, 0.15) is 6.42 Å². The van der Waals surface area contributed by atoms with E-state index >= 15 is 0 Å². The molecule has 0 spiro atoms. The number of hydrogen-bond donors (Lipinski definition) is 3. The van der Waals surface area contributed by atoms with Crippen molar-refractivity contribution in [2.45, 2.75) is 12.5 Å². The van der Waals surface area contributed by atoms with Gasteiger partial charge in [-0.05, 0) is 12.1 Å². The van der Waals surface area contributed by atoms with E-state index < -0.39 is 6.04 Å². The highest BCUT2D eigenvalue weighted by atomic mass is 16.5. The Bertz CT molecular complexity index is 523. The summed E-state index contributed by atoms with van der Waals surface area (Å²) in [4.78, 5) is 22.8. The van der Waals surface area contributed by atoms with E-state index in [1.54, 1.807) is 24.3 Å². The first kappa shape index (κ1) is 15.5. The number of likely N-dealkylation sites (N-methyl/N-ethyl adjacent to an activating group) is 1. The number of ether oxygens (including phenoxy) is 1. The SMILES string of the molecule is C#CCC(N)C(=O)Nc1cccc(OCC(=O)NC)c1. The van der Waals surface area contributed by atoms with Gasteiger partial charge in [0.1, 0.15) is 5.75 Å². The number of hydrogen-bond acceptors (Lipinski definition) is 4. The lowest BCUT2D eigenvalue weighted by Crippen LogP contribution is -2.35. The van der Waals surface area contributed by atoms with Gasteiger partial charge in [-0.25, -0.2) is 0 Å². The van der Waals surface area contributed by atoms with Crippen molar-refractivity contribution in [3.05, 3.63) is 24.3 Å². The Morgan fingerprint density at radius 3 is 2.90 bits per heavy atom. The minimum absolute atomic E-state index is 0.0928. The summed E-state index contributed by atoms with van der Waals surface area (Å²) in [5.74, 6) is 2.19. The van der Waals surface area contributed by atoms with E-state index in [1.807, 2.05) is 0 Å². The molecular weight excluding hydrogens is 258 g/mol. The average Bonchev–Trinajstić information content (AvgIpc) is 2.45. The molecule has 0 fully saturated rings. The Morgan fingerprint density at radius 1 is 1.50 bits per heavy atom. The van der Waals surface area contributed by atoms with Crippen LogP contribution in [-0.2, 0) is 9.59 Å². The number of carbonyl (C=O) groups excluding carboxylic acids is 2. The van der Waals surface area contributed by atoms with Crippen molar-refractivity contribution in [2.75, 3.05) is 19.0 Å². The third-order valence-corrected chi connectivity index (χ3v) is 2.42. The molecule has 1 aromatic carbocycles. The summed E-state index contributed by atoms with van der Waals surface area (Å²) in [6.45, 7) is -0.0928. The molecule has 0 radical (unpaired) electrons. The van der Waals surface area contributed by atoms with Gasteiger partial charge in [0.2, 0.25) is 5.91 Å². The maximum Gasteiger partial charge on any atom is 0.257 e. The van der Waals surface area contributed by atoms with Crippen LogP contribution in [0, 0.1) is 12.3 Å². The Labute approximate surface area is 117 Å². The molecular formula is C14H17N3O3. The molecule has 0 aliphatic carbocycles. The van der Waals surface area contributed by atoms with Crippen LogP contribution in [0.5, 0.6) is 5.75 Å². The standard InChI is InChI=1S/C14H17N3O3/c1-3-5-12(15)14(19)17-10-6-4-7-11(8-10)20-9-13(18)16-2/h1,4,6-8,12H,5,9,15H2,2H3,(H,16,18)(H,17,19). The number of amides is 2. The number of nitrogens with two attached hydrogens (primary N) is 1. The van der Waals surface area contributed by atoms with Gasteiger partial charge in [0.05, 0.1) is 6.04 Å². The summed E-state index contributed by atoms with van der Waals surface area (Å²) < 4.78 is 5.26. The number of carbonyl (C=O) groups is 2. The Morgan fingerprint density at radius 2 is 2.25 bits per heavy atom. The summed E-state index contributed by atoms with van der Waals surface area (Å²) in [7, 11) is 1.52. The molecule has 2 amide bonds. The van der Waals surface area contributed by atoms with Gasteiger partial charge >= 0.3 is 0 Å². The predicted molar refractivity (Wildman–Crippen MR) is 76.1 cm³/mol. The van der Waals surface area contributed by atoms with Gasteiger partial charge in [-0.15, -0.1) is 12.3 Å². The molecule has 0 aliphatic heterocycles. The maximum atomic E-state index is 11.7. The molecule has 1 rings (SSSR count). The second kappa shape index (κ2) is 7.81. The van der Waals surface area contributed by atoms with Crippen molar-refractivity contribution >= 4 is 17.5 Å². The average molecular weight is 275 g/mol. The number of terminal acetylenes is 1. The molecule has 0 aliphatic rings. The van der Waals surface area contributed by atoms with Gasteiger partial charge in [0.25, 0.3) is 5.91 Å². The first-order valence-corrected chi connectivity index (χ1v) is 6.00. The van der Waals surface area contributed by atoms with E-state index in [4.69, 9.17) is 16.9 Å². The molecule has 20 heavy (non-hydrogen) atoms. The number of benzene rings is 1. The zero-order valence-electron chi connectivity index (χ0n) is 11.2. The third-order valence-electron chi connectivity index (χ3n) is 2.42. The van der Waals surface area contributed by atoms with E-state index in [0.29, 0.717) is 11.4 Å². The molecule has 1 aromatic rings. The normalized spacial score (nSPS) is 11.1. The minimum Gasteiger partial charge on any atom is -0.484 e. The summed E-state index contributed by atoms with van der Waals surface area (Å²) in [6, 6.07) is 5.91. The van der Waals surface area contributed by atoms with Gasteiger partial charge in [-0.1, -0.05) is 6.07 Å². The monoisotopic (exact) mass is 275 g/mol. The maximum absolute atomic E-state index is 11.7. The molecule has 6 nitrogen and oxygen atoms in total. The molecule has 1 atom stereocenters. The minimum atomic E-state index is -0.754. The van der Waals surface area contributed by atoms with E-state index in [2.05, 4.69) is 16.6 Å². The summed E-state index contributed by atoms with van der Waals surface area (Å²) >= 11 is 0. The van der Waals surface area contributed by atoms with Crippen molar-refractivity contribution in [1.82, 2.24) is 5.32 Å². The van der Waals surface area contributed by atoms with Crippen molar-refractivity contribution in [2.24, 2.45) is 5.73 Å². The first-order valence-electron chi connectivity index (χ1n) is 6.00. The molecule has 4 N–H and O–H groups in total. The fourth-order valence-electron chi connectivity index (χ4n) is 1.34. The van der Waals surface area contributed by atoms with Crippen LogP contribution in [0.2, 0.25) is 0 Å². The molecule has 6 heteroatoms. The molecule has 0 saturated heterocycles. The van der Waals surface area contributed by atoms with Crippen LogP contribution in [0.25, 0.3) is 0 Å². The zero-order valence-corrected chi connectivity index (χ0v) is 11.2. The molecule has 0 aromatic heterocycles. The molecule has 0 bridgehead atoms. The second-order valence-electron chi connectivity index (χ2n) is 3.99. The van der Waals surface area contributed by atoms with E-state index in [-0.39, 0.29) is 24.8 Å². The molecule has 106 valence electrons. The molecule has 1 unspecified atom stereocenters. The Hall–Kier alpha value is -2.52. The van der Waals surface area contributed by atoms with Crippen LogP contribution in [0.4, 0.5) is 5.69 Å². The van der Waals surface area contributed by atoms with Crippen LogP contribution >= 0.6 is 0 Å². The zero-order chi connectivity index (χ0) is 15.0. The van der Waals surface area contributed by atoms with Crippen molar-refractivity contribution < 1.29 is 14.3 Å². The third kappa shape index (κ3) is 5.00. The van der Waals surface area contributed by atoms with Crippen LogP contribution < -0.4 is 21.1 Å². The van der Waals surface area contributed by atoms with Gasteiger partial charge in [0, 0.05) is 25.2 Å². The highest BCUT2D eigenvalue weighted by molar-refractivity contribution is 5.95. The van der Waals surface area contributed by atoms with Gasteiger partial charge in [-0.2, -0.15) is 0 Å². The highest BCUT2D eigenvalue weighted by Crippen LogP contribution is 2.17. The van der Waals surface area contributed by atoms with Gasteiger partial charge in [0.15, 0.2) is 6.61 Å².